The summed E-state index contributed by atoms with van der Waals surface area (Å²) in [5.74, 6) is 2.95. The van der Waals surface area contributed by atoms with Crippen molar-refractivity contribution >= 4 is 5.91 Å². The molecule has 4 fully saturated rings. The van der Waals surface area contributed by atoms with Crippen molar-refractivity contribution < 1.29 is 9.53 Å². The van der Waals surface area contributed by atoms with E-state index in [1.54, 1.807) is 0 Å². The van der Waals surface area contributed by atoms with Crippen LogP contribution in [-0.2, 0) is 22.5 Å². The Bertz CT molecular complexity index is 904. The topological polar surface area (TPSA) is 78.5 Å². The molecule has 5 aliphatic rings. The molecule has 1 N–H and O–H groups in total. The summed E-state index contributed by atoms with van der Waals surface area (Å²) in [6, 6.07) is 0.652. The van der Waals surface area contributed by atoms with E-state index in [0.29, 0.717) is 43.3 Å². The lowest BCUT2D eigenvalue weighted by Gasteiger charge is -2.39. The Kier molecular flexibility index (Phi) is 5.58. The van der Waals surface area contributed by atoms with Crippen LogP contribution in [0.4, 0.5) is 0 Å². The third kappa shape index (κ3) is 3.81. The molecule has 7 heteroatoms. The molecule has 2 saturated carbocycles. The van der Waals surface area contributed by atoms with E-state index in [0.717, 1.165) is 69.1 Å². The molecule has 3 aliphatic heterocycles. The third-order valence-corrected chi connectivity index (χ3v) is 8.96. The average Bonchev–Trinajstić information content (AvgIpc) is 3.58. The van der Waals surface area contributed by atoms with Crippen LogP contribution in [-0.4, -0.2) is 64.6 Å². The lowest BCUT2D eigenvalue weighted by molar-refractivity contribution is -0.134. The molecule has 2 aliphatic carbocycles. The number of aromatic amines is 1. The van der Waals surface area contributed by atoms with Gasteiger partial charge < -0.3 is 19.5 Å². The van der Waals surface area contributed by atoms with E-state index in [1.165, 1.54) is 25.7 Å². The second kappa shape index (κ2) is 8.56. The number of hydrogen-bond donors (Lipinski definition) is 1. The minimum atomic E-state index is -0.0254. The van der Waals surface area contributed by atoms with Gasteiger partial charge in [0.05, 0.1) is 17.8 Å². The van der Waals surface area contributed by atoms with Crippen LogP contribution in [0.3, 0.4) is 0 Å². The standard InChI is InChI=1S/C25H36N4O3/c30-24-20-15-29(25(31)22-18-3-1-2-4-19(18)22)12-7-21(20)26-23(27-24)16-5-10-28(11-6-16)17-8-13-32-14-9-17/h16-19,22H,1-15H2,(H,26,27,30)/t18-,19-/m0/s1. The van der Waals surface area contributed by atoms with Crippen LogP contribution in [0.15, 0.2) is 4.79 Å². The molecule has 0 radical (unpaired) electrons. The molecule has 2 atom stereocenters. The van der Waals surface area contributed by atoms with Crippen molar-refractivity contribution in [1.29, 1.82) is 0 Å². The highest BCUT2D eigenvalue weighted by molar-refractivity contribution is 5.82. The number of hydrogen-bond acceptors (Lipinski definition) is 5. The third-order valence-electron chi connectivity index (χ3n) is 8.96. The van der Waals surface area contributed by atoms with Gasteiger partial charge in [-0.25, -0.2) is 4.98 Å². The van der Waals surface area contributed by atoms with E-state index in [1.807, 2.05) is 4.90 Å². The first-order valence-corrected chi connectivity index (χ1v) is 12.9. The Hall–Kier alpha value is -1.73. The number of amides is 1. The predicted molar refractivity (Wildman–Crippen MR) is 120 cm³/mol. The first-order chi connectivity index (χ1) is 15.7. The SMILES string of the molecule is O=C(C1[C@H]2CCCC[C@H]12)N1CCc2nc(C3CCN(C4CCOCC4)CC3)[nH]c(=O)c2C1. The molecular weight excluding hydrogens is 404 g/mol. The number of rotatable bonds is 3. The van der Waals surface area contributed by atoms with Gasteiger partial charge >= 0.3 is 0 Å². The van der Waals surface area contributed by atoms with Crippen molar-refractivity contribution in [3.05, 3.63) is 27.4 Å². The van der Waals surface area contributed by atoms with Gasteiger partial charge in [-0.15, -0.1) is 0 Å². The summed E-state index contributed by atoms with van der Waals surface area (Å²) in [6.45, 7) is 5.05. The van der Waals surface area contributed by atoms with E-state index in [4.69, 9.17) is 9.72 Å². The van der Waals surface area contributed by atoms with Crippen molar-refractivity contribution in [3.63, 3.8) is 0 Å². The zero-order valence-electron chi connectivity index (χ0n) is 19.1. The molecule has 1 amide bonds. The van der Waals surface area contributed by atoms with Crippen molar-refractivity contribution in [2.45, 2.75) is 76.3 Å². The van der Waals surface area contributed by atoms with Crippen LogP contribution in [0.25, 0.3) is 0 Å². The summed E-state index contributed by atoms with van der Waals surface area (Å²) in [5, 5.41) is 0. The summed E-state index contributed by atoms with van der Waals surface area (Å²) in [6.07, 6.45) is 10.0. The van der Waals surface area contributed by atoms with Gasteiger partial charge in [0.1, 0.15) is 5.82 Å². The molecule has 4 heterocycles. The fraction of sp³-hybridized carbons (Fsp3) is 0.800. The lowest BCUT2D eigenvalue weighted by Crippen LogP contribution is -2.44. The molecule has 1 aromatic rings. The molecular formula is C25H36N4O3. The van der Waals surface area contributed by atoms with Gasteiger partial charge in [0.2, 0.25) is 5.91 Å². The normalized spacial score (nSPS) is 31.8. The Morgan fingerprint density at radius 1 is 0.969 bits per heavy atom. The molecule has 6 rings (SSSR count). The van der Waals surface area contributed by atoms with Gasteiger partial charge in [0.25, 0.3) is 5.56 Å². The first kappa shape index (κ1) is 20.8. The lowest BCUT2D eigenvalue weighted by atomic mass is 9.93. The summed E-state index contributed by atoms with van der Waals surface area (Å²) in [5.41, 5.74) is 1.62. The number of aromatic nitrogens is 2. The van der Waals surface area contributed by atoms with Crippen molar-refractivity contribution in [1.82, 2.24) is 19.8 Å². The van der Waals surface area contributed by atoms with Crippen LogP contribution in [0.1, 0.15) is 74.4 Å². The van der Waals surface area contributed by atoms with Crippen LogP contribution in [0, 0.1) is 17.8 Å². The molecule has 0 unspecified atom stereocenters. The zero-order valence-corrected chi connectivity index (χ0v) is 19.1. The molecule has 32 heavy (non-hydrogen) atoms. The van der Waals surface area contributed by atoms with Crippen molar-refractivity contribution in [2.75, 3.05) is 32.8 Å². The van der Waals surface area contributed by atoms with Crippen molar-refractivity contribution in [2.24, 2.45) is 17.8 Å². The van der Waals surface area contributed by atoms with Crippen LogP contribution in [0.5, 0.6) is 0 Å². The predicted octanol–water partition coefficient (Wildman–Crippen LogP) is 2.45. The van der Waals surface area contributed by atoms with Gasteiger partial charge in [0.15, 0.2) is 0 Å². The molecule has 2 saturated heterocycles. The summed E-state index contributed by atoms with van der Waals surface area (Å²) < 4.78 is 5.51. The molecule has 1 aromatic heterocycles. The highest BCUT2D eigenvalue weighted by atomic mass is 16.5. The quantitative estimate of drug-likeness (QED) is 0.781. The highest BCUT2D eigenvalue weighted by Gasteiger charge is 2.56. The van der Waals surface area contributed by atoms with Crippen LogP contribution < -0.4 is 5.56 Å². The number of fused-ring (bicyclic) bond motifs is 2. The summed E-state index contributed by atoms with van der Waals surface area (Å²) in [7, 11) is 0. The van der Waals surface area contributed by atoms with Gasteiger partial charge in [-0.3, -0.25) is 9.59 Å². The fourth-order valence-electron chi connectivity index (χ4n) is 6.98. The maximum Gasteiger partial charge on any atom is 0.256 e. The number of nitrogens with one attached hydrogen (secondary N) is 1. The molecule has 0 aromatic carbocycles. The van der Waals surface area contributed by atoms with Crippen molar-refractivity contribution in [3.8, 4) is 0 Å². The summed E-state index contributed by atoms with van der Waals surface area (Å²) in [4.78, 5) is 38.7. The zero-order chi connectivity index (χ0) is 21.7. The van der Waals surface area contributed by atoms with Gasteiger partial charge in [-0.1, -0.05) is 12.8 Å². The molecule has 0 spiro atoms. The molecule has 7 nitrogen and oxygen atoms in total. The highest BCUT2D eigenvalue weighted by Crippen LogP contribution is 2.56. The van der Waals surface area contributed by atoms with E-state index in [-0.39, 0.29) is 17.4 Å². The minimum Gasteiger partial charge on any atom is -0.381 e. The van der Waals surface area contributed by atoms with Gasteiger partial charge in [-0.05, 0) is 63.5 Å². The van der Waals surface area contributed by atoms with Crippen LogP contribution in [0.2, 0.25) is 0 Å². The second-order valence-corrected chi connectivity index (χ2v) is 10.7. The smallest absolute Gasteiger partial charge is 0.256 e. The Morgan fingerprint density at radius 3 is 2.41 bits per heavy atom. The monoisotopic (exact) mass is 440 g/mol. The number of piperidine rings is 1. The number of H-pyrrole nitrogens is 1. The Morgan fingerprint density at radius 2 is 1.69 bits per heavy atom. The maximum atomic E-state index is 13.1. The van der Waals surface area contributed by atoms with E-state index < -0.39 is 0 Å². The fourth-order valence-corrected chi connectivity index (χ4v) is 6.98. The van der Waals surface area contributed by atoms with Crippen LogP contribution >= 0.6 is 0 Å². The number of likely N-dealkylation sites (tertiary alicyclic amines) is 1. The number of carbonyl (C=O) groups is 1. The number of nitrogens with zero attached hydrogens (tertiary/aromatic N) is 3. The Balaban J connectivity index is 1.10. The minimum absolute atomic E-state index is 0.0254. The van der Waals surface area contributed by atoms with Gasteiger partial charge in [-0.2, -0.15) is 0 Å². The van der Waals surface area contributed by atoms with Gasteiger partial charge in [0, 0.05) is 44.1 Å². The second-order valence-electron chi connectivity index (χ2n) is 10.7. The van der Waals surface area contributed by atoms with E-state index in [2.05, 4.69) is 9.88 Å². The summed E-state index contributed by atoms with van der Waals surface area (Å²) >= 11 is 0. The Labute approximate surface area is 189 Å². The maximum absolute atomic E-state index is 13.1. The largest absolute Gasteiger partial charge is 0.381 e. The molecule has 0 bridgehead atoms. The first-order valence-electron chi connectivity index (χ1n) is 12.9. The van der Waals surface area contributed by atoms with E-state index >= 15 is 0 Å². The number of carbonyl (C=O) groups excluding carboxylic acids is 1. The average molecular weight is 441 g/mol. The van der Waals surface area contributed by atoms with E-state index in [9.17, 15) is 9.59 Å². The molecule has 174 valence electrons. The number of ether oxygens (including phenoxy) is 1.